The van der Waals surface area contributed by atoms with Gasteiger partial charge in [-0.05, 0) is 30.5 Å². The van der Waals surface area contributed by atoms with Crippen molar-refractivity contribution < 1.29 is 4.79 Å². The zero-order valence-electron chi connectivity index (χ0n) is 12.0. The lowest BCUT2D eigenvalue weighted by Crippen LogP contribution is -2.29. The number of halogens is 2. The molecule has 1 aliphatic carbocycles. The SMILES string of the molecule is O=C1CCCC2=C1[C@H](c1ccc(Cl)c(Cl)c1)c1c([nH][nH]c1=O)N2. The Morgan fingerprint density at radius 1 is 1.04 bits per heavy atom. The summed E-state index contributed by atoms with van der Waals surface area (Å²) < 4.78 is 0. The first kappa shape index (κ1) is 14.6. The molecule has 23 heavy (non-hydrogen) atoms. The first-order valence-electron chi connectivity index (χ1n) is 7.35. The molecule has 0 saturated heterocycles. The van der Waals surface area contributed by atoms with Gasteiger partial charge in [0, 0.05) is 23.6 Å². The maximum atomic E-state index is 12.5. The number of aromatic amines is 2. The number of aromatic nitrogens is 2. The van der Waals surface area contributed by atoms with Crippen LogP contribution < -0.4 is 10.9 Å². The van der Waals surface area contributed by atoms with Crippen LogP contribution in [0.4, 0.5) is 5.82 Å². The third kappa shape index (κ3) is 2.23. The standard InChI is InChI=1S/C16H13Cl2N3O2/c17-8-5-4-7(6-9(8)18)12-13-10(2-1-3-11(13)22)19-15-14(12)16(23)21-20-15/h4-6,12H,1-3H2,(H3,19,20,21,23)/t12-/m0/s1. The average Bonchev–Trinajstić information content (AvgIpc) is 2.90. The fourth-order valence-electron chi connectivity index (χ4n) is 3.39. The van der Waals surface area contributed by atoms with Crippen LogP contribution in [0.5, 0.6) is 0 Å². The predicted octanol–water partition coefficient (Wildman–Crippen LogP) is 3.57. The van der Waals surface area contributed by atoms with Crippen molar-refractivity contribution in [2.45, 2.75) is 25.2 Å². The molecule has 1 aromatic carbocycles. The van der Waals surface area contributed by atoms with Gasteiger partial charge in [-0.15, -0.1) is 0 Å². The number of anilines is 1. The second kappa shape index (κ2) is 5.28. The van der Waals surface area contributed by atoms with Crippen molar-refractivity contribution in [2.75, 3.05) is 5.32 Å². The molecule has 4 rings (SSSR count). The number of benzene rings is 1. The van der Waals surface area contributed by atoms with E-state index in [-0.39, 0.29) is 11.3 Å². The van der Waals surface area contributed by atoms with Gasteiger partial charge in [-0.2, -0.15) is 0 Å². The number of H-pyrrole nitrogens is 2. The molecular weight excluding hydrogens is 337 g/mol. The van der Waals surface area contributed by atoms with Gasteiger partial charge in [0.25, 0.3) is 5.56 Å². The molecule has 3 N–H and O–H groups in total. The van der Waals surface area contributed by atoms with Gasteiger partial charge in [0.15, 0.2) is 5.78 Å². The molecule has 7 heteroatoms. The Kier molecular flexibility index (Phi) is 3.36. The average molecular weight is 350 g/mol. The molecule has 5 nitrogen and oxygen atoms in total. The lowest BCUT2D eigenvalue weighted by molar-refractivity contribution is -0.116. The van der Waals surface area contributed by atoms with Crippen molar-refractivity contribution in [1.82, 2.24) is 10.2 Å². The number of fused-ring (bicyclic) bond motifs is 1. The minimum Gasteiger partial charge on any atom is -0.343 e. The number of rotatable bonds is 1. The third-order valence-electron chi connectivity index (χ3n) is 4.40. The molecule has 2 heterocycles. The zero-order chi connectivity index (χ0) is 16.1. The Morgan fingerprint density at radius 2 is 1.87 bits per heavy atom. The van der Waals surface area contributed by atoms with E-state index in [0.29, 0.717) is 33.4 Å². The smallest absolute Gasteiger partial charge is 0.270 e. The van der Waals surface area contributed by atoms with E-state index in [2.05, 4.69) is 15.5 Å². The second-order valence-corrected chi connectivity index (χ2v) is 6.58. The highest BCUT2D eigenvalue weighted by Crippen LogP contribution is 2.44. The Morgan fingerprint density at radius 3 is 2.65 bits per heavy atom. The van der Waals surface area contributed by atoms with Crippen LogP contribution in [0.3, 0.4) is 0 Å². The summed E-state index contributed by atoms with van der Waals surface area (Å²) in [7, 11) is 0. The third-order valence-corrected chi connectivity index (χ3v) is 5.14. The normalized spacial score (nSPS) is 20.1. The first-order valence-corrected chi connectivity index (χ1v) is 8.10. The number of carbonyl (C=O) groups excluding carboxylic acids is 1. The Hall–Kier alpha value is -1.98. The lowest BCUT2D eigenvalue weighted by atomic mass is 9.77. The highest BCUT2D eigenvalue weighted by atomic mass is 35.5. The molecule has 0 amide bonds. The van der Waals surface area contributed by atoms with Crippen LogP contribution in [0.15, 0.2) is 34.3 Å². The van der Waals surface area contributed by atoms with Crippen molar-refractivity contribution in [3.8, 4) is 0 Å². The van der Waals surface area contributed by atoms with Crippen LogP contribution >= 0.6 is 23.2 Å². The van der Waals surface area contributed by atoms with Gasteiger partial charge < -0.3 is 5.32 Å². The zero-order valence-corrected chi connectivity index (χ0v) is 13.5. The summed E-state index contributed by atoms with van der Waals surface area (Å²) in [5.74, 6) is 0.249. The van der Waals surface area contributed by atoms with Crippen molar-refractivity contribution in [3.63, 3.8) is 0 Å². The van der Waals surface area contributed by atoms with Crippen LogP contribution in [0, 0.1) is 0 Å². The molecule has 1 aliphatic heterocycles. The maximum absolute atomic E-state index is 12.5. The molecule has 0 bridgehead atoms. The maximum Gasteiger partial charge on any atom is 0.270 e. The van der Waals surface area contributed by atoms with E-state index in [0.717, 1.165) is 24.1 Å². The first-order chi connectivity index (χ1) is 11.1. The van der Waals surface area contributed by atoms with Gasteiger partial charge in [0.1, 0.15) is 5.82 Å². The number of ketones is 1. The quantitative estimate of drug-likeness (QED) is 0.736. The van der Waals surface area contributed by atoms with E-state index in [1.165, 1.54) is 0 Å². The van der Waals surface area contributed by atoms with Crippen LogP contribution in [-0.4, -0.2) is 16.0 Å². The lowest BCUT2D eigenvalue weighted by Gasteiger charge is -2.31. The summed E-state index contributed by atoms with van der Waals surface area (Å²) in [4.78, 5) is 24.8. The fraction of sp³-hybridized carbons (Fsp3) is 0.250. The number of Topliss-reactive ketones (excluding diaryl/α,β-unsaturated/α-hetero) is 1. The Bertz CT molecular complexity index is 910. The number of carbonyl (C=O) groups is 1. The molecular formula is C16H13Cl2N3O2. The number of hydrogen-bond acceptors (Lipinski definition) is 3. The topological polar surface area (TPSA) is 77.8 Å². The van der Waals surface area contributed by atoms with E-state index in [4.69, 9.17) is 23.2 Å². The minimum atomic E-state index is -0.432. The highest BCUT2D eigenvalue weighted by Gasteiger charge is 2.37. The molecule has 1 aromatic heterocycles. The molecule has 2 aromatic rings. The molecule has 0 spiro atoms. The minimum absolute atomic E-state index is 0.0704. The van der Waals surface area contributed by atoms with E-state index in [9.17, 15) is 9.59 Å². The van der Waals surface area contributed by atoms with Crippen molar-refractivity contribution in [3.05, 3.63) is 61.0 Å². The number of hydrogen-bond donors (Lipinski definition) is 3. The summed E-state index contributed by atoms with van der Waals surface area (Å²) in [6, 6.07) is 5.23. The molecule has 0 fully saturated rings. The van der Waals surface area contributed by atoms with E-state index in [1.54, 1.807) is 12.1 Å². The van der Waals surface area contributed by atoms with Crippen molar-refractivity contribution in [1.29, 1.82) is 0 Å². The predicted molar refractivity (Wildman–Crippen MR) is 89.2 cm³/mol. The number of allylic oxidation sites excluding steroid dienone is 2. The summed E-state index contributed by atoms with van der Waals surface area (Å²) in [6.07, 6.45) is 2.09. The van der Waals surface area contributed by atoms with E-state index >= 15 is 0 Å². The summed E-state index contributed by atoms with van der Waals surface area (Å²) >= 11 is 12.1. The molecule has 0 unspecified atom stereocenters. The molecule has 1 atom stereocenters. The second-order valence-electron chi connectivity index (χ2n) is 5.77. The van der Waals surface area contributed by atoms with Crippen molar-refractivity contribution in [2.24, 2.45) is 0 Å². The fourth-order valence-corrected chi connectivity index (χ4v) is 3.70. The monoisotopic (exact) mass is 349 g/mol. The van der Waals surface area contributed by atoms with Gasteiger partial charge in [0.2, 0.25) is 0 Å². The van der Waals surface area contributed by atoms with Gasteiger partial charge >= 0.3 is 0 Å². The summed E-state index contributed by atoms with van der Waals surface area (Å²) in [5.41, 5.74) is 2.59. The van der Waals surface area contributed by atoms with Crippen molar-refractivity contribution >= 4 is 34.8 Å². The molecule has 0 saturated carbocycles. The molecule has 0 radical (unpaired) electrons. The van der Waals surface area contributed by atoms with E-state index < -0.39 is 5.92 Å². The Labute approximate surface area is 141 Å². The summed E-state index contributed by atoms with van der Waals surface area (Å²) in [6.45, 7) is 0. The molecule has 118 valence electrons. The highest BCUT2D eigenvalue weighted by molar-refractivity contribution is 6.42. The van der Waals surface area contributed by atoms with Gasteiger partial charge in [0.05, 0.1) is 15.6 Å². The van der Waals surface area contributed by atoms with Gasteiger partial charge in [-0.25, -0.2) is 0 Å². The largest absolute Gasteiger partial charge is 0.343 e. The van der Waals surface area contributed by atoms with Crippen LogP contribution in [-0.2, 0) is 4.79 Å². The number of nitrogens with one attached hydrogen (secondary N) is 3. The van der Waals surface area contributed by atoms with Crippen LogP contribution in [0.1, 0.15) is 36.3 Å². The van der Waals surface area contributed by atoms with Gasteiger partial charge in [-0.1, -0.05) is 29.3 Å². The van der Waals surface area contributed by atoms with E-state index in [1.807, 2.05) is 6.07 Å². The van der Waals surface area contributed by atoms with Crippen LogP contribution in [0.2, 0.25) is 10.0 Å². The Balaban J connectivity index is 1.97. The molecule has 2 aliphatic rings. The van der Waals surface area contributed by atoms with Gasteiger partial charge in [-0.3, -0.25) is 19.8 Å². The summed E-state index contributed by atoms with van der Waals surface area (Å²) in [5, 5.41) is 9.47. The van der Waals surface area contributed by atoms with Crippen LogP contribution in [0.25, 0.3) is 0 Å².